The second-order valence-electron chi connectivity index (χ2n) is 3.40. The molecule has 114 valence electrons. The van der Waals surface area contributed by atoms with Gasteiger partial charge in [-0.2, -0.15) is 0 Å². The molecule has 0 aromatic carbocycles. The lowest BCUT2D eigenvalue weighted by atomic mass is 10.4. The van der Waals surface area contributed by atoms with Crippen molar-refractivity contribution in [2.75, 3.05) is 32.2 Å². The summed E-state index contributed by atoms with van der Waals surface area (Å²) in [6.45, 7) is 5.33. The van der Waals surface area contributed by atoms with Gasteiger partial charge in [0.15, 0.2) is 0 Å². The van der Waals surface area contributed by atoms with E-state index in [9.17, 15) is 17.8 Å². The molecule has 0 bridgehead atoms. The number of esters is 1. The Morgan fingerprint density at radius 3 is 2.42 bits per heavy atom. The van der Waals surface area contributed by atoms with E-state index in [4.69, 9.17) is 14.2 Å². The molecule has 0 heterocycles. The van der Waals surface area contributed by atoms with Gasteiger partial charge >= 0.3 is 5.97 Å². The van der Waals surface area contributed by atoms with Gasteiger partial charge in [0.05, 0.1) is 42.3 Å². The van der Waals surface area contributed by atoms with Crippen LogP contribution in [-0.2, 0) is 29.1 Å². The maximum Gasteiger partial charge on any atom is 0.330 e. The Bertz CT molecular complexity index is 355. The van der Waals surface area contributed by atoms with Crippen molar-refractivity contribution in [3.05, 3.63) is 12.7 Å². The smallest absolute Gasteiger partial charge is 0.330 e. The average molecular weight is 299 g/mol. The number of hydrogen-bond donors (Lipinski definition) is 1. The third kappa shape index (κ3) is 14.9. The lowest BCUT2D eigenvalue weighted by Crippen LogP contribution is -2.21. The molecule has 0 fully saturated rings. The van der Waals surface area contributed by atoms with E-state index < -0.39 is 27.9 Å². The van der Waals surface area contributed by atoms with E-state index in [0.29, 0.717) is 0 Å². The van der Waals surface area contributed by atoms with Crippen LogP contribution in [0, 0.1) is 0 Å². The number of carbonyl (C=O) groups excluding carboxylic acids is 1. The van der Waals surface area contributed by atoms with Crippen LogP contribution in [0.2, 0.25) is 0 Å². The first-order valence-electron chi connectivity index (χ1n) is 5.27. The fourth-order valence-corrected chi connectivity index (χ4v) is 1.23. The summed E-state index contributed by atoms with van der Waals surface area (Å²) in [4.78, 5) is 10.8. The van der Waals surface area contributed by atoms with Gasteiger partial charge in [-0.05, 0) is 6.92 Å². The highest BCUT2D eigenvalue weighted by Gasteiger charge is 2.05. The molecule has 1 atom stereocenters. The highest BCUT2D eigenvalue weighted by molar-refractivity contribution is 7.85. The van der Waals surface area contributed by atoms with E-state index in [1.54, 1.807) is 6.92 Å². The third-order valence-electron chi connectivity index (χ3n) is 1.69. The van der Waals surface area contributed by atoms with Gasteiger partial charge in [-0.3, -0.25) is 0 Å². The predicted octanol–water partition coefficient (Wildman–Crippen LogP) is 0.0587. The van der Waals surface area contributed by atoms with Crippen LogP contribution in [-0.4, -0.2) is 57.2 Å². The lowest BCUT2D eigenvalue weighted by molar-refractivity contribution is -0.145. The summed E-state index contributed by atoms with van der Waals surface area (Å²) in [5, 5.41) is 0. The summed E-state index contributed by atoms with van der Waals surface area (Å²) in [5.41, 5.74) is 0. The standard InChI is InChI=1S/C10H18O7S.H3N/c1-3-10(11)17-9(2)8-16-5-4-15-6-7-18(12,13)14;/h3,9H,1,4-8H2,2H3,(H,12,13,14);1H3. The number of rotatable bonds is 10. The van der Waals surface area contributed by atoms with Gasteiger partial charge in [-0.1, -0.05) is 6.58 Å². The summed E-state index contributed by atoms with van der Waals surface area (Å²) in [7, 11) is -4.23. The van der Waals surface area contributed by atoms with Crippen LogP contribution in [0.5, 0.6) is 0 Å². The first-order valence-corrected chi connectivity index (χ1v) is 6.85. The molecular weight excluding hydrogens is 278 g/mol. The van der Waals surface area contributed by atoms with Crippen molar-refractivity contribution >= 4 is 16.1 Å². The minimum Gasteiger partial charge on any atom is -0.748 e. The Morgan fingerprint density at radius 2 is 1.89 bits per heavy atom. The van der Waals surface area contributed by atoms with Gasteiger partial charge in [0, 0.05) is 6.08 Å². The molecule has 0 radical (unpaired) electrons. The maximum atomic E-state index is 10.8. The monoisotopic (exact) mass is 299 g/mol. The molecule has 1 unspecified atom stereocenters. The maximum absolute atomic E-state index is 10.8. The van der Waals surface area contributed by atoms with Gasteiger partial charge in [0.1, 0.15) is 6.10 Å². The number of quaternary nitrogens is 1. The SMILES string of the molecule is C=CC(=O)OC(C)COCCOCCS(=O)(=O)[O-].[NH4+]. The molecular formula is C10H21NO7S. The molecule has 0 aliphatic rings. The Balaban J connectivity index is 0. The van der Waals surface area contributed by atoms with Crippen LogP contribution >= 0.6 is 0 Å². The molecule has 0 rings (SSSR count). The minimum atomic E-state index is -4.23. The van der Waals surface area contributed by atoms with Gasteiger partial charge in [-0.15, -0.1) is 0 Å². The van der Waals surface area contributed by atoms with Gasteiger partial charge in [0.25, 0.3) is 0 Å². The number of carbonyl (C=O) groups is 1. The summed E-state index contributed by atoms with van der Waals surface area (Å²) in [6, 6.07) is 0. The average Bonchev–Trinajstić information content (AvgIpc) is 2.26. The fraction of sp³-hybridized carbons (Fsp3) is 0.700. The molecule has 0 aromatic rings. The quantitative estimate of drug-likeness (QED) is 0.260. The normalized spacial score (nSPS) is 12.3. The zero-order chi connectivity index (χ0) is 14.0. The molecule has 19 heavy (non-hydrogen) atoms. The number of ether oxygens (including phenoxy) is 3. The van der Waals surface area contributed by atoms with Crippen molar-refractivity contribution in [2.24, 2.45) is 0 Å². The summed E-state index contributed by atoms with van der Waals surface area (Å²) < 4.78 is 45.5. The zero-order valence-electron chi connectivity index (χ0n) is 11.2. The second-order valence-corrected chi connectivity index (χ2v) is 4.92. The molecule has 0 saturated heterocycles. The molecule has 0 aliphatic heterocycles. The van der Waals surface area contributed by atoms with Crippen LogP contribution < -0.4 is 6.15 Å². The highest BCUT2D eigenvalue weighted by atomic mass is 32.2. The van der Waals surface area contributed by atoms with Crippen LogP contribution in [0.15, 0.2) is 12.7 Å². The largest absolute Gasteiger partial charge is 0.748 e. The molecule has 0 aliphatic carbocycles. The van der Waals surface area contributed by atoms with Crippen molar-refractivity contribution in [1.29, 1.82) is 0 Å². The van der Waals surface area contributed by atoms with E-state index in [0.717, 1.165) is 6.08 Å². The van der Waals surface area contributed by atoms with Crippen molar-refractivity contribution in [3.8, 4) is 0 Å². The molecule has 0 aromatic heterocycles. The van der Waals surface area contributed by atoms with Gasteiger partial charge in [0.2, 0.25) is 0 Å². The van der Waals surface area contributed by atoms with E-state index >= 15 is 0 Å². The zero-order valence-corrected chi connectivity index (χ0v) is 12.0. The summed E-state index contributed by atoms with van der Waals surface area (Å²) >= 11 is 0. The molecule has 9 heteroatoms. The fourth-order valence-electron chi connectivity index (χ4n) is 0.911. The number of hydrogen-bond acceptors (Lipinski definition) is 7. The van der Waals surface area contributed by atoms with E-state index in [-0.39, 0.29) is 32.6 Å². The van der Waals surface area contributed by atoms with Crippen LogP contribution in [0.3, 0.4) is 0 Å². The first-order chi connectivity index (χ1) is 8.35. The van der Waals surface area contributed by atoms with Crippen LogP contribution in [0.1, 0.15) is 6.92 Å². The van der Waals surface area contributed by atoms with E-state index in [2.05, 4.69) is 6.58 Å². The van der Waals surface area contributed by atoms with Crippen molar-refractivity contribution in [2.45, 2.75) is 13.0 Å². The van der Waals surface area contributed by atoms with E-state index in [1.807, 2.05) is 0 Å². The molecule has 8 nitrogen and oxygen atoms in total. The van der Waals surface area contributed by atoms with Crippen molar-refractivity contribution < 1.29 is 32.0 Å². The van der Waals surface area contributed by atoms with Crippen LogP contribution in [0.25, 0.3) is 0 Å². The topological polar surface area (TPSA) is 138 Å². The lowest BCUT2D eigenvalue weighted by Gasteiger charge is -2.12. The molecule has 4 N–H and O–H groups in total. The predicted molar refractivity (Wildman–Crippen MR) is 67.9 cm³/mol. The molecule has 0 amide bonds. The summed E-state index contributed by atoms with van der Waals surface area (Å²) in [6.07, 6.45) is 0.653. The highest BCUT2D eigenvalue weighted by Crippen LogP contribution is 1.93. The molecule has 0 saturated carbocycles. The Kier molecular flexibility index (Phi) is 11.6. The Labute approximate surface area is 113 Å². The van der Waals surface area contributed by atoms with Gasteiger partial charge < -0.3 is 24.9 Å². The van der Waals surface area contributed by atoms with E-state index in [1.165, 1.54) is 0 Å². The Hall–Kier alpha value is -1.00. The summed E-state index contributed by atoms with van der Waals surface area (Å²) in [5.74, 6) is -1.08. The second kappa shape index (κ2) is 10.9. The Morgan fingerprint density at radius 1 is 1.32 bits per heavy atom. The van der Waals surface area contributed by atoms with Crippen molar-refractivity contribution in [3.63, 3.8) is 0 Å². The van der Waals surface area contributed by atoms with Crippen molar-refractivity contribution in [1.82, 2.24) is 6.15 Å². The van der Waals surface area contributed by atoms with Crippen LogP contribution in [0.4, 0.5) is 0 Å². The van der Waals surface area contributed by atoms with Gasteiger partial charge in [-0.25, -0.2) is 13.2 Å². The minimum absolute atomic E-state index is 0. The third-order valence-corrected chi connectivity index (χ3v) is 2.35. The molecule has 0 spiro atoms. The first kappa shape index (κ1) is 20.3.